The Balaban J connectivity index is 2.18. The number of nitrogens with zero attached hydrogens (tertiary/aromatic N) is 2. The molecule has 2 aromatic carbocycles. The molecule has 0 spiro atoms. The van der Waals surface area contributed by atoms with Gasteiger partial charge in [0.25, 0.3) is 0 Å². The van der Waals surface area contributed by atoms with Gasteiger partial charge in [0.2, 0.25) is 21.8 Å². The lowest BCUT2D eigenvalue weighted by Crippen LogP contribution is -2.48. The summed E-state index contributed by atoms with van der Waals surface area (Å²) in [5.41, 5.74) is 0.720. The van der Waals surface area contributed by atoms with E-state index < -0.39 is 21.9 Å². The molecule has 0 aliphatic rings. The average Bonchev–Trinajstić information content (AvgIpc) is 2.83. The molecule has 2 rings (SSSR count). The molecule has 1 unspecified atom stereocenters. The second-order valence-electron chi connectivity index (χ2n) is 9.07. The number of carbonyl (C=O) groups is 2. The van der Waals surface area contributed by atoms with Gasteiger partial charge in [0, 0.05) is 37.7 Å². The van der Waals surface area contributed by atoms with Gasteiger partial charge in [-0.3, -0.25) is 13.9 Å². The van der Waals surface area contributed by atoms with Crippen molar-refractivity contribution in [3.05, 3.63) is 59.9 Å². The number of anilines is 1. The number of carbonyl (C=O) groups excluding carboxylic acids is 2. The molecule has 0 saturated heterocycles. The summed E-state index contributed by atoms with van der Waals surface area (Å²) in [4.78, 5) is 27.3. The van der Waals surface area contributed by atoms with Crippen LogP contribution in [0.2, 0.25) is 0 Å². The lowest BCUT2D eigenvalue weighted by Gasteiger charge is -2.30. The Morgan fingerprint density at radius 2 is 1.78 bits per heavy atom. The summed E-state index contributed by atoms with van der Waals surface area (Å²) in [6.07, 6.45) is 1.28. The second-order valence-corrected chi connectivity index (χ2v) is 11.0. The second kappa shape index (κ2) is 13.2. The lowest BCUT2D eigenvalue weighted by atomic mass is 10.1. The highest BCUT2D eigenvalue weighted by atomic mass is 32.2. The Morgan fingerprint density at radius 1 is 1.08 bits per heavy atom. The Labute approximate surface area is 213 Å². The van der Waals surface area contributed by atoms with Gasteiger partial charge >= 0.3 is 0 Å². The highest BCUT2D eigenvalue weighted by molar-refractivity contribution is 7.92. The molecule has 0 radical (unpaired) electrons. The maximum atomic E-state index is 14.3. The first-order valence-electron chi connectivity index (χ1n) is 11.9. The SMILES string of the molecule is COc1cccc(N(CCCC(=O)N(Cc2ccccc2F)C(C)C(=O)NCC(C)C)S(C)(=O)=O)c1. The largest absolute Gasteiger partial charge is 0.497 e. The van der Waals surface area contributed by atoms with E-state index in [2.05, 4.69) is 5.32 Å². The average molecular weight is 522 g/mol. The zero-order valence-corrected chi connectivity index (χ0v) is 22.3. The van der Waals surface area contributed by atoms with Gasteiger partial charge in [0.05, 0.1) is 19.1 Å². The maximum Gasteiger partial charge on any atom is 0.242 e. The topological polar surface area (TPSA) is 96.0 Å². The number of amides is 2. The van der Waals surface area contributed by atoms with Crippen LogP contribution in [0, 0.1) is 11.7 Å². The zero-order chi connectivity index (χ0) is 26.9. The van der Waals surface area contributed by atoms with Crippen molar-refractivity contribution in [2.45, 2.75) is 46.2 Å². The summed E-state index contributed by atoms with van der Waals surface area (Å²) in [6, 6.07) is 11.9. The third-order valence-electron chi connectivity index (χ3n) is 5.64. The van der Waals surface area contributed by atoms with Crippen LogP contribution in [0.3, 0.4) is 0 Å². The molecule has 8 nitrogen and oxygen atoms in total. The van der Waals surface area contributed by atoms with Crippen LogP contribution in [0.25, 0.3) is 0 Å². The monoisotopic (exact) mass is 521 g/mol. The fourth-order valence-electron chi connectivity index (χ4n) is 3.61. The smallest absolute Gasteiger partial charge is 0.242 e. The molecular formula is C26H36FN3O5S. The number of nitrogens with one attached hydrogen (secondary N) is 1. The van der Waals surface area contributed by atoms with Crippen molar-refractivity contribution in [3.8, 4) is 5.75 Å². The van der Waals surface area contributed by atoms with Gasteiger partial charge in [-0.2, -0.15) is 0 Å². The molecule has 0 aliphatic heterocycles. The van der Waals surface area contributed by atoms with Crippen LogP contribution < -0.4 is 14.4 Å². The predicted octanol–water partition coefficient (Wildman–Crippen LogP) is 3.57. The molecular weight excluding hydrogens is 485 g/mol. The molecule has 36 heavy (non-hydrogen) atoms. The van der Waals surface area contributed by atoms with E-state index >= 15 is 0 Å². The first kappa shape index (κ1) is 29.1. The molecule has 2 aromatic rings. The maximum absolute atomic E-state index is 14.3. The summed E-state index contributed by atoms with van der Waals surface area (Å²) >= 11 is 0. The summed E-state index contributed by atoms with van der Waals surface area (Å²) in [5, 5.41) is 2.82. The normalized spacial score (nSPS) is 12.2. The minimum absolute atomic E-state index is 0.0216. The number of methoxy groups -OCH3 is 1. The minimum Gasteiger partial charge on any atom is -0.497 e. The molecule has 0 fully saturated rings. The molecule has 1 N–H and O–H groups in total. The minimum atomic E-state index is -3.62. The van der Waals surface area contributed by atoms with Crippen LogP contribution in [0.1, 0.15) is 39.2 Å². The first-order chi connectivity index (χ1) is 16.9. The van der Waals surface area contributed by atoms with E-state index in [0.29, 0.717) is 23.5 Å². The van der Waals surface area contributed by atoms with E-state index in [1.807, 2.05) is 13.8 Å². The van der Waals surface area contributed by atoms with Crippen LogP contribution in [0.15, 0.2) is 48.5 Å². The van der Waals surface area contributed by atoms with Gasteiger partial charge in [0.15, 0.2) is 0 Å². The van der Waals surface area contributed by atoms with Crippen molar-refractivity contribution in [2.75, 3.05) is 30.8 Å². The Bertz CT molecular complexity index is 1140. The number of sulfonamides is 1. The van der Waals surface area contributed by atoms with Gasteiger partial charge in [-0.25, -0.2) is 12.8 Å². The van der Waals surface area contributed by atoms with Crippen LogP contribution >= 0.6 is 0 Å². The van der Waals surface area contributed by atoms with Crippen LogP contribution in [-0.4, -0.2) is 57.6 Å². The van der Waals surface area contributed by atoms with Crippen LogP contribution in [-0.2, 0) is 26.2 Å². The van der Waals surface area contributed by atoms with Crippen molar-refractivity contribution in [1.29, 1.82) is 0 Å². The van der Waals surface area contributed by atoms with Gasteiger partial charge < -0.3 is 15.0 Å². The van der Waals surface area contributed by atoms with Crippen LogP contribution in [0.4, 0.5) is 10.1 Å². The van der Waals surface area contributed by atoms with Crippen molar-refractivity contribution in [2.24, 2.45) is 5.92 Å². The Morgan fingerprint density at radius 3 is 2.39 bits per heavy atom. The fraction of sp³-hybridized carbons (Fsp3) is 0.462. The molecule has 2 amide bonds. The fourth-order valence-corrected chi connectivity index (χ4v) is 4.57. The third kappa shape index (κ3) is 8.51. The number of rotatable bonds is 13. The van der Waals surface area contributed by atoms with Crippen molar-refractivity contribution >= 4 is 27.5 Å². The molecule has 10 heteroatoms. The Hall–Kier alpha value is -3.14. The first-order valence-corrected chi connectivity index (χ1v) is 13.7. The van der Waals surface area contributed by atoms with E-state index in [4.69, 9.17) is 4.74 Å². The number of ether oxygens (including phenoxy) is 1. The molecule has 0 heterocycles. The van der Waals surface area contributed by atoms with E-state index in [9.17, 15) is 22.4 Å². The summed E-state index contributed by atoms with van der Waals surface area (Å²) in [5.74, 6) is -0.427. The number of benzene rings is 2. The number of hydrogen-bond donors (Lipinski definition) is 1. The summed E-state index contributed by atoms with van der Waals surface area (Å²) in [7, 11) is -2.13. The van der Waals surface area contributed by atoms with Gasteiger partial charge in [-0.15, -0.1) is 0 Å². The third-order valence-corrected chi connectivity index (χ3v) is 6.84. The highest BCUT2D eigenvalue weighted by Gasteiger charge is 2.27. The van der Waals surface area contributed by atoms with Crippen molar-refractivity contribution < 1.29 is 27.1 Å². The highest BCUT2D eigenvalue weighted by Crippen LogP contribution is 2.24. The molecule has 0 bridgehead atoms. The molecule has 0 saturated carbocycles. The van der Waals surface area contributed by atoms with E-state index in [1.54, 1.807) is 49.4 Å². The Kier molecular flexibility index (Phi) is 10.7. The van der Waals surface area contributed by atoms with Gasteiger partial charge in [-0.1, -0.05) is 38.1 Å². The van der Waals surface area contributed by atoms with Crippen molar-refractivity contribution in [1.82, 2.24) is 10.2 Å². The van der Waals surface area contributed by atoms with Crippen molar-refractivity contribution in [3.63, 3.8) is 0 Å². The number of hydrogen-bond acceptors (Lipinski definition) is 5. The lowest BCUT2D eigenvalue weighted by molar-refractivity contribution is -0.140. The van der Waals surface area contributed by atoms with E-state index in [1.165, 1.54) is 22.4 Å². The van der Waals surface area contributed by atoms with Crippen LogP contribution in [0.5, 0.6) is 5.75 Å². The standard InChI is InChI=1S/C26H36FN3O5S/c1-19(2)17-28-26(32)20(3)29(18-21-10-6-7-13-24(21)27)25(31)14-9-15-30(36(5,33)34)22-11-8-12-23(16-22)35-4/h6-8,10-13,16,19-20H,9,14-15,17-18H2,1-5H3,(H,28,32). The summed E-state index contributed by atoms with van der Waals surface area (Å²) in [6.45, 7) is 5.96. The predicted molar refractivity (Wildman–Crippen MR) is 139 cm³/mol. The molecule has 1 atom stereocenters. The molecule has 0 aromatic heterocycles. The van der Waals surface area contributed by atoms with Gasteiger partial charge in [0.1, 0.15) is 17.6 Å². The molecule has 198 valence electrons. The molecule has 0 aliphatic carbocycles. The summed E-state index contributed by atoms with van der Waals surface area (Å²) < 4.78 is 45.6. The quantitative estimate of drug-likeness (QED) is 0.435. The number of halogens is 1. The van der Waals surface area contributed by atoms with E-state index in [0.717, 1.165) is 6.26 Å². The zero-order valence-electron chi connectivity index (χ0n) is 21.5. The van der Waals surface area contributed by atoms with E-state index in [-0.39, 0.29) is 43.7 Å². The van der Waals surface area contributed by atoms with Gasteiger partial charge in [-0.05, 0) is 37.5 Å².